The number of fused-ring (bicyclic) bond motifs is 3. The van der Waals surface area contributed by atoms with Crippen LogP contribution in [0.25, 0.3) is 0 Å². The molecule has 2 aromatic carbocycles. The van der Waals surface area contributed by atoms with E-state index >= 15 is 0 Å². The Kier molecular flexibility index (Phi) is 3.53. The molecule has 2 atom stereocenters. The Morgan fingerprint density at radius 2 is 1.18 bits per heavy atom. The van der Waals surface area contributed by atoms with Crippen LogP contribution in [0.2, 0.25) is 0 Å². The van der Waals surface area contributed by atoms with Crippen molar-refractivity contribution in [2.45, 2.75) is 24.2 Å². The lowest BCUT2D eigenvalue weighted by atomic mass is 9.71. The minimum Gasteiger partial charge on any atom is -0.398 e. The lowest BCUT2D eigenvalue weighted by Gasteiger charge is -2.42. The van der Waals surface area contributed by atoms with E-state index in [-0.39, 0.29) is 57.0 Å². The van der Waals surface area contributed by atoms with Crippen LogP contribution < -0.4 is 45.9 Å². The summed E-state index contributed by atoms with van der Waals surface area (Å²) in [6.45, 7) is 0. The van der Waals surface area contributed by atoms with E-state index in [0.717, 1.165) is 0 Å². The topological polar surface area (TPSA) is 242 Å². The number of ketones is 2. The molecule has 4 rings (SSSR count). The van der Waals surface area contributed by atoms with Gasteiger partial charge >= 0.3 is 0 Å². The van der Waals surface area contributed by atoms with Gasteiger partial charge in [-0.25, -0.2) is 0 Å². The molecule has 10 heteroatoms. The first-order valence-electron chi connectivity index (χ1n) is 8.60. The lowest BCUT2D eigenvalue weighted by molar-refractivity contribution is 0.0981. The third-order valence-corrected chi connectivity index (χ3v) is 5.67. The van der Waals surface area contributed by atoms with Gasteiger partial charge in [-0.15, -0.1) is 0 Å². The van der Waals surface area contributed by atoms with Crippen LogP contribution in [0.5, 0.6) is 0 Å². The maximum absolute atomic E-state index is 13.3. The van der Waals surface area contributed by atoms with E-state index < -0.39 is 29.3 Å². The van der Waals surface area contributed by atoms with Crippen molar-refractivity contribution in [1.29, 1.82) is 0 Å². The molecule has 0 aromatic heterocycles. The van der Waals surface area contributed by atoms with Crippen LogP contribution in [0.15, 0.2) is 12.1 Å². The van der Waals surface area contributed by atoms with E-state index in [9.17, 15) is 9.59 Å². The number of nitrogen functional groups attached to an aromatic ring is 4. The van der Waals surface area contributed by atoms with Crippen molar-refractivity contribution in [3.8, 4) is 0 Å². The summed E-state index contributed by atoms with van der Waals surface area (Å²) in [6.07, 6.45) is 0.122. The second-order valence-electron chi connectivity index (χ2n) is 7.46. The minimum absolute atomic E-state index is 0.00391. The van der Waals surface area contributed by atoms with E-state index in [2.05, 4.69) is 0 Å². The van der Waals surface area contributed by atoms with Crippen LogP contribution in [0.4, 0.5) is 22.7 Å². The van der Waals surface area contributed by atoms with Crippen molar-refractivity contribution in [1.82, 2.24) is 0 Å². The molecule has 2 aromatic rings. The van der Waals surface area contributed by atoms with E-state index in [1.54, 1.807) is 0 Å². The quantitative estimate of drug-likeness (QED) is 0.131. The average molecular weight is 382 g/mol. The summed E-state index contributed by atoms with van der Waals surface area (Å²) in [5.74, 6) is -1.10. The van der Waals surface area contributed by atoms with Gasteiger partial charge in [0.1, 0.15) is 0 Å². The molecular weight excluding hydrogens is 360 g/mol. The molecule has 0 fully saturated rings. The molecule has 0 spiro atoms. The van der Waals surface area contributed by atoms with Gasteiger partial charge in [-0.05, 0) is 24.1 Å². The standard InChI is InChI=1S/C18H22N8O2/c19-4-1-2-5(20)9-8(4)15(27)10-11(16(9)28)14(23)12-7(13(10)22)6(21)3-18(25,26)17(12)24/h1-2,6,17H,3,19-26H2/t6-,17?/m0/s1. The molecule has 28 heavy (non-hydrogen) atoms. The van der Waals surface area contributed by atoms with Crippen LogP contribution >= 0.6 is 0 Å². The van der Waals surface area contributed by atoms with E-state index in [1.807, 2.05) is 0 Å². The van der Waals surface area contributed by atoms with Gasteiger partial charge in [-0.2, -0.15) is 0 Å². The molecule has 0 aliphatic heterocycles. The highest BCUT2D eigenvalue weighted by molar-refractivity contribution is 6.35. The van der Waals surface area contributed by atoms with Gasteiger partial charge < -0.3 is 45.9 Å². The Hall–Kier alpha value is -3.18. The SMILES string of the molecule is Nc1ccc(N)c2c1C(=O)c1c(N)c3c(c(N)c1C2=O)[C@@H](N)CC(N)(N)C3N. The van der Waals surface area contributed by atoms with Crippen LogP contribution in [0.3, 0.4) is 0 Å². The summed E-state index contributed by atoms with van der Waals surface area (Å²) in [7, 11) is 0. The second kappa shape index (κ2) is 5.42. The average Bonchev–Trinajstić information content (AvgIpc) is 2.60. The van der Waals surface area contributed by atoms with Crippen molar-refractivity contribution in [2.75, 3.05) is 22.9 Å². The molecule has 0 radical (unpaired) electrons. The largest absolute Gasteiger partial charge is 0.398 e. The van der Waals surface area contributed by atoms with Crippen molar-refractivity contribution in [3.05, 3.63) is 45.5 Å². The highest BCUT2D eigenvalue weighted by atomic mass is 16.1. The van der Waals surface area contributed by atoms with E-state index in [1.165, 1.54) is 12.1 Å². The number of carbonyl (C=O) groups excluding carboxylic acids is 2. The number of nitrogens with two attached hydrogens (primary N) is 8. The maximum atomic E-state index is 13.3. The molecule has 1 unspecified atom stereocenters. The molecule has 146 valence electrons. The molecule has 0 heterocycles. The Morgan fingerprint density at radius 3 is 1.64 bits per heavy atom. The molecular formula is C18H22N8O2. The Bertz CT molecular complexity index is 1090. The fraction of sp³-hybridized carbons (Fsp3) is 0.222. The number of anilines is 4. The summed E-state index contributed by atoms with van der Waals surface area (Å²) in [4.78, 5) is 26.5. The van der Waals surface area contributed by atoms with E-state index in [4.69, 9.17) is 45.9 Å². The predicted molar refractivity (Wildman–Crippen MR) is 107 cm³/mol. The van der Waals surface area contributed by atoms with Gasteiger partial charge in [0, 0.05) is 34.4 Å². The number of carbonyl (C=O) groups is 2. The fourth-order valence-electron chi connectivity index (χ4n) is 4.29. The first-order chi connectivity index (χ1) is 13.0. The molecule has 16 N–H and O–H groups in total. The van der Waals surface area contributed by atoms with Gasteiger partial charge in [0.05, 0.1) is 34.0 Å². The van der Waals surface area contributed by atoms with Gasteiger partial charge in [-0.1, -0.05) is 0 Å². The summed E-state index contributed by atoms with van der Waals surface area (Å²) in [6, 6.07) is 1.27. The molecule has 0 amide bonds. The maximum Gasteiger partial charge on any atom is 0.198 e. The third-order valence-electron chi connectivity index (χ3n) is 5.67. The summed E-state index contributed by atoms with van der Waals surface area (Å²) in [5.41, 5.74) is 48.6. The van der Waals surface area contributed by atoms with Crippen LogP contribution in [0, 0.1) is 0 Å². The summed E-state index contributed by atoms with van der Waals surface area (Å²) in [5, 5.41) is 0. The van der Waals surface area contributed by atoms with Crippen molar-refractivity contribution < 1.29 is 9.59 Å². The minimum atomic E-state index is -1.36. The number of rotatable bonds is 0. The van der Waals surface area contributed by atoms with Crippen molar-refractivity contribution in [2.24, 2.45) is 22.9 Å². The Balaban J connectivity index is 2.13. The van der Waals surface area contributed by atoms with Crippen LogP contribution in [-0.4, -0.2) is 17.2 Å². The molecule has 2 aliphatic carbocycles. The number of hydrogen-bond acceptors (Lipinski definition) is 10. The third kappa shape index (κ3) is 2.05. The first kappa shape index (κ1) is 18.2. The zero-order valence-electron chi connectivity index (χ0n) is 15.0. The molecule has 0 saturated carbocycles. The second-order valence-corrected chi connectivity index (χ2v) is 7.46. The van der Waals surface area contributed by atoms with Gasteiger partial charge in [0.2, 0.25) is 0 Å². The first-order valence-corrected chi connectivity index (χ1v) is 8.60. The zero-order chi connectivity index (χ0) is 20.7. The van der Waals surface area contributed by atoms with Crippen LogP contribution in [0.1, 0.15) is 61.5 Å². The Morgan fingerprint density at radius 1 is 0.750 bits per heavy atom. The lowest BCUT2D eigenvalue weighted by Crippen LogP contribution is -2.61. The molecule has 2 aliphatic rings. The fourth-order valence-corrected chi connectivity index (χ4v) is 4.29. The molecule has 10 nitrogen and oxygen atoms in total. The summed E-state index contributed by atoms with van der Waals surface area (Å²) >= 11 is 0. The molecule has 0 saturated heterocycles. The van der Waals surface area contributed by atoms with Crippen molar-refractivity contribution >= 4 is 34.3 Å². The van der Waals surface area contributed by atoms with E-state index in [0.29, 0.717) is 5.56 Å². The monoisotopic (exact) mass is 382 g/mol. The Labute approximate surface area is 160 Å². The normalized spacial score (nSPS) is 22.4. The highest BCUT2D eigenvalue weighted by Gasteiger charge is 2.45. The zero-order valence-corrected chi connectivity index (χ0v) is 15.0. The predicted octanol–water partition coefficient (Wildman–Crippen LogP) is -1.19. The summed E-state index contributed by atoms with van der Waals surface area (Å²) < 4.78 is 0. The van der Waals surface area contributed by atoms with Gasteiger partial charge in [0.25, 0.3) is 0 Å². The van der Waals surface area contributed by atoms with Gasteiger partial charge in [0.15, 0.2) is 11.6 Å². The number of hydrogen-bond donors (Lipinski definition) is 8. The van der Waals surface area contributed by atoms with Crippen molar-refractivity contribution in [3.63, 3.8) is 0 Å². The highest BCUT2D eigenvalue weighted by Crippen LogP contribution is 2.49. The number of benzene rings is 2. The van der Waals surface area contributed by atoms with Gasteiger partial charge in [-0.3, -0.25) is 9.59 Å². The smallest absolute Gasteiger partial charge is 0.198 e. The van der Waals surface area contributed by atoms with Crippen LogP contribution in [-0.2, 0) is 0 Å². The molecule has 0 bridgehead atoms.